The Morgan fingerprint density at radius 1 is 1.38 bits per heavy atom. The largest absolute Gasteiger partial charge is 0.381 e. The van der Waals surface area contributed by atoms with E-state index in [4.69, 9.17) is 12.6 Å². The van der Waals surface area contributed by atoms with E-state index in [-0.39, 0.29) is 32.7 Å². The van der Waals surface area contributed by atoms with Crippen molar-refractivity contribution in [2.24, 2.45) is 5.92 Å². The third-order valence-corrected chi connectivity index (χ3v) is 2.59. The van der Waals surface area contributed by atoms with Gasteiger partial charge in [0, 0.05) is 45.9 Å². The molecule has 0 aliphatic heterocycles. The van der Waals surface area contributed by atoms with Crippen LogP contribution >= 0.6 is 0 Å². The van der Waals surface area contributed by atoms with Gasteiger partial charge in [-0.2, -0.15) is 6.42 Å². The Morgan fingerprint density at radius 3 is 2.69 bits per heavy atom. The maximum absolute atomic E-state index is 5.90. The molecule has 1 nitrogen and oxygen atoms in total. The molecule has 1 aliphatic rings. The van der Waals surface area contributed by atoms with Crippen molar-refractivity contribution < 1.29 is 37.4 Å². The Morgan fingerprint density at radius 2 is 2.15 bits per heavy atom. The zero-order valence-corrected chi connectivity index (χ0v) is 11.2. The molecule has 0 aromatic heterocycles. The second-order valence-electron chi connectivity index (χ2n) is 3.64. The molecule has 0 bridgehead atoms. The Hall–Kier alpha value is 1.13. The predicted octanol–water partition coefficient (Wildman–Crippen LogP) is 2.37. The van der Waals surface area contributed by atoms with Crippen molar-refractivity contribution in [1.82, 2.24) is 0 Å². The molecule has 13 heavy (non-hydrogen) atoms. The molecule has 0 N–H and O–H groups in total. The van der Waals surface area contributed by atoms with Crippen LogP contribution in [0.4, 0.5) is 0 Å². The average molecular weight is 254 g/mol. The van der Waals surface area contributed by atoms with Crippen LogP contribution in [0.2, 0.25) is 5.82 Å². The SMILES string of the molecule is [B]C1CCCC1COCCC[CH2-].[Y]. The van der Waals surface area contributed by atoms with Gasteiger partial charge in [0.1, 0.15) is 0 Å². The molecule has 3 heteroatoms. The van der Waals surface area contributed by atoms with Crippen molar-refractivity contribution in [2.75, 3.05) is 13.2 Å². The van der Waals surface area contributed by atoms with Crippen LogP contribution in [-0.2, 0) is 37.4 Å². The molecule has 0 aromatic rings. The zero-order chi connectivity index (χ0) is 8.81. The van der Waals surface area contributed by atoms with E-state index in [2.05, 4.69) is 6.92 Å². The summed E-state index contributed by atoms with van der Waals surface area (Å²) >= 11 is 0. The molecule has 2 atom stereocenters. The van der Waals surface area contributed by atoms with Gasteiger partial charge in [0.15, 0.2) is 0 Å². The first-order valence-corrected chi connectivity index (χ1v) is 4.97. The molecular formula is C10H18BOY-. The molecule has 0 amide bonds. The number of hydrogen-bond acceptors (Lipinski definition) is 1. The zero-order valence-electron chi connectivity index (χ0n) is 8.37. The van der Waals surface area contributed by atoms with Crippen LogP contribution in [0, 0.1) is 12.8 Å². The molecule has 1 rings (SSSR count). The van der Waals surface area contributed by atoms with Crippen molar-refractivity contribution in [3.8, 4) is 0 Å². The van der Waals surface area contributed by atoms with E-state index in [9.17, 15) is 0 Å². The molecule has 0 heterocycles. The van der Waals surface area contributed by atoms with Crippen molar-refractivity contribution >= 4 is 7.85 Å². The Balaban J connectivity index is 0.00000144. The number of rotatable bonds is 5. The summed E-state index contributed by atoms with van der Waals surface area (Å²) < 4.78 is 5.51. The van der Waals surface area contributed by atoms with Crippen molar-refractivity contribution in [3.63, 3.8) is 0 Å². The molecule has 1 fully saturated rings. The van der Waals surface area contributed by atoms with Crippen molar-refractivity contribution in [1.29, 1.82) is 0 Å². The Kier molecular flexibility index (Phi) is 9.17. The van der Waals surface area contributed by atoms with E-state index in [1.165, 1.54) is 19.3 Å². The minimum Gasteiger partial charge on any atom is -0.381 e. The fourth-order valence-electron chi connectivity index (χ4n) is 1.71. The van der Waals surface area contributed by atoms with E-state index in [1.54, 1.807) is 0 Å². The fourth-order valence-corrected chi connectivity index (χ4v) is 1.71. The van der Waals surface area contributed by atoms with Crippen LogP contribution in [-0.4, -0.2) is 21.1 Å². The monoisotopic (exact) mass is 254 g/mol. The van der Waals surface area contributed by atoms with Crippen LogP contribution in [0.3, 0.4) is 0 Å². The van der Waals surface area contributed by atoms with Gasteiger partial charge in [-0.05, 0) is 12.3 Å². The first-order chi connectivity index (χ1) is 5.84. The Labute approximate surface area is 109 Å². The van der Waals surface area contributed by atoms with E-state index in [0.29, 0.717) is 11.7 Å². The molecule has 2 unspecified atom stereocenters. The fraction of sp³-hybridized carbons (Fsp3) is 0.900. The number of hydrogen-bond donors (Lipinski definition) is 0. The molecule has 3 radical (unpaired) electrons. The van der Waals surface area contributed by atoms with Gasteiger partial charge in [-0.15, -0.1) is 0 Å². The predicted molar refractivity (Wildman–Crippen MR) is 52.3 cm³/mol. The van der Waals surface area contributed by atoms with Gasteiger partial charge in [0.25, 0.3) is 0 Å². The third kappa shape index (κ3) is 5.54. The van der Waals surface area contributed by atoms with Crippen LogP contribution < -0.4 is 0 Å². The summed E-state index contributed by atoms with van der Waals surface area (Å²) in [6, 6.07) is 0. The third-order valence-electron chi connectivity index (χ3n) is 2.59. The minimum absolute atomic E-state index is 0. The van der Waals surface area contributed by atoms with Crippen LogP contribution in [0.5, 0.6) is 0 Å². The second-order valence-corrected chi connectivity index (χ2v) is 3.64. The maximum Gasteiger partial charge on any atom is 0.0704 e. The van der Waals surface area contributed by atoms with E-state index in [1.807, 2.05) is 0 Å². The summed E-state index contributed by atoms with van der Waals surface area (Å²) in [5.41, 5.74) is 0. The standard InChI is InChI=1S/C10H18BO.Y/c1-2-3-7-12-8-9-5-4-6-10(9)11;/h9-10H,1-8H2;/q-1;. The first kappa shape index (κ1) is 14.1. The maximum atomic E-state index is 5.90. The van der Waals surface area contributed by atoms with Crippen LogP contribution in [0.1, 0.15) is 32.1 Å². The Bertz CT molecular complexity index is 121. The summed E-state index contributed by atoms with van der Waals surface area (Å²) in [4.78, 5) is 0. The smallest absolute Gasteiger partial charge is 0.0704 e. The van der Waals surface area contributed by atoms with E-state index >= 15 is 0 Å². The van der Waals surface area contributed by atoms with Gasteiger partial charge in [-0.1, -0.05) is 25.1 Å². The van der Waals surface area contributed by atoms with E-state index in [0.717, 1.165) is 26.1 Å². The summed E-state index contributed by atoms with van der Waals surface area (Å²) in [7, 11) is 5.90. The molecule has 0 aromatic carbocycles. The molecule has 0 saturated heterocycles. The normalized spacial score (nSPS) is 27.2. The van der Waals surface area contributed by atoms with Gasteiger partial charge in [-0.25, -0.2) is 0 Å². The van der Waals surface area contributed by atoms with Crippen LogP contribution in [0.15, 0.2) is 0 Å². The summed E-state index contributed by atoms with van der Waals surface area (Å²) in [5.74, 6) is 1.01. The van der Waals surface area contributed by atoms with E-state index < -0.39 is 0 Å². The number of unbranched alkanes of at least 4 members (excludes halogenated alkanes) is 1. The quantitative estimate of drug-likeness (QED) is 0.415. The molecule has 1 saturated carbocycles. The molecule has 1 aliphatic carbocycles. The van der Waals surface area contributed by atoms with Gasteiger partial charge in [0.05, 0.1) is 7.85 Å². The van der Waals surface area contributed by atoms with Gasteiger partial charge in [0.2, 0.25) is 0 Å². The molecule has 0 spiro atoms. The average Bonchev–Trinajstić information content (AvgIpc) is 2.46. The second kappa shape index (κ2) is 8.44. The van der Waals surface area contributed by atoms with Crippen LogP contribution in [0.25, 0.3) is 0 Å². The number of ether oxygens (including phenoxy) is 1. The first-order valence-electron chi connectivity index (χ1n) is 4.97. The minimum atomic E-state index is 0. The van der Waals surface area contributed by atoms with Gasteiger partial charge >= 0.3 is 0 Å². The van der Waals surface area contributed by atoms with Gasteiger partial charge in [-0.3, -0.25) is 0 Å². The summed E-state index contributed by atoms with van der Waals surface area (Å²) in [6.45, 7) is 5.48. The van der Waals surface area contributed by atoms with Crippen molar-refractivity contribution in [3.05, 3.63) is 6.92 Å². The summed E-state index contributed by atoms with van der Waals surface area (Å²) in [5, 5.41) is 0. The van der Waals surface area contributed by atoms with Gasteiger partial charge < -0.3 is 11.7 Å². The molecule has 71 valence electrons. The molecular weight excluding hydrogens is 236 g/mol. The summed E-state index contributed by atoms with van der Waals surface area (Å²) in [6.07, 6.45) is 5.76. The van der Waals surface area contributed by atoms with Crippen molar-refractivity contribution in [2.45, 2.75) is 37.9 Å². The topological polar surface area (TPSA) is 9.23 Å².